The number of carbonyl (C=O) groups excluding carboxylic acids is 1. The molecular formula is C28H32F4N4O. The Morgan fingerprint density at radius 1 is 1.00 bits per heavy atom. The molecule has 0 atom stereocenters. The van der Waals surface area contributed by atoms with Crippen LogP contribution in [-0.4, -0.2) is 48.1 Å². The van der Waals surface area contributed by atoms with Crippen molar-refractivity contribution in [3.05, 3.63) is 88.0 Å². The molecule has 5 nitrogen and oxygen atoms in total. The minimum absolute atomic E-state index is 0.0589. The second kappa shape index (κ2) is 11.0. The molecule has 9 heteroatoms. The van der Waals surface area contributed by atoms with Gasteiger partial charge in [0.15, 0.2) is 0 Å². The Morgan fingerprint density at radius 3 is 2.35 bits per heavy atom. The number of hydrogen-bond donors (Lipinski definition) is 1. The minimum Gasteiger partial charge on any atom is -0.367 e. The van der Waals surface area contributed by atoms with Crippen LogP contribution in [-0.2, 0) is 19.3 Å². The van der Waals surface area contributed by atoms with E-state index in [1.165, 1.54) is 12.1 Å². The Labute approximate surface area is 214 Å². The molecule has 1 fully saturated rings. The molecule has 2 heterocycles. The normalized spacial score (nSPS) is 14.7. The highest BCUT2D eigenvalue weighted by atomic mass is 19.4. The van der Waals surface area contributed by atoms with E-state index in [2.05, 4.69) is 22.0 Å². The van der Waals surface area contributed by atoms with Gasteiger partial charge in [0, 0.05) is 49.5 Å². The maximum absolute atomic E-state index is 14.6. The average molecular weight is 517 g/mol. The third-order valence-corrected chi connectivity index (χ3v) is 7.07. The summed E-state index contributed by atoms with van der Waals surface area (Å²) in [6.07, 6.45) is -4.46. The number of piperazine rings is 1. The molecule has 0 radical (unpaired) electrons. The molecular weight excluding hydrogens is 484 g/mol. The average Bonchev–Trinajstić information content (AvgIpc) is 3.12. The molecule has 1 amide bonds. The Hall–Kier alpha value is -3.33. The standard InChI is InChI=1S/C28H32F4N4O/c1-4-34-12-14-35(15-13-34)25-19(2)26(36(20(25)3)18-22-9-5-6-11-24(22)29)27(37)33-17-21-8-7-10-23(16-21)28(30,31)32/h5-11,16H,4,12-15,17-18H2,1-3H3,(H,33,37). The molecule has 3 aromatic rings. The van der Waals surface area contributed by atoms with Gasteiger partial charge >= 0.3 is 6.18 Å². The Kier molecular flexibility index (Phi) is 7.92. The number of alkyl halides is 3. The second-order valence-corrected chi connectivity index (χ2v) is 9.39. The molecule has 1 aliphatic rings. The third kappa shape index (κ3) is 5.82. The highest BCUT2D eigenvalue weighted by Crippen LogP contribution is 2.33. The molecule has 0 unspecified atom stereocenters. The number of halogens is 4. The molecule has 0 bridgehead atoms. The maximum atomic E-state index is 14.6. The van der Waals surface area contributed by atoms with Crippen molar-refractivity contribution in [2.45, 2.75) is 40.0 Å². The lowest BCUT2D eigenvalue weighted by molar-refractivity contribution is -0.137. The summed E-state index contributed by atoms with van der Waals surface area (Å²) in [5.74, 6) is -0.769. The quantitative estimate of drug-likeness (QED) is 0.429. The van der Waals surface area contributed by atoms with Gasteiger partial charge in [-0.3, -0.25) is 4.79 Å². The molecule has 1 aliphatic heterocycles. The predicted molar refractivity (Wildman–Crippen MR) is 136 cm³/mol. The number of hydrogen-bond acceptors (Lipinski definition) is 3. The van der Waals surface area contributed by atoms with Crippen molar-refractivity contribution in [1.82, 2.24) is 14.8 Å². The SMILES string of the molecule is CCN1CCN(c2c(C)c(C(=O)NCc3cccc(C(F)(F)F)c3)n(Cc3ccccc3F)c2C)CC1. The molecule has 1 saturated heterocycles. The van der Waals surface area contributed by atoms with Crippen LogP contribution in [0.1, 0.15) is 45.4 Å². The number of aromatic nitrogens is 1. The largest absolute Gasteiger partial charge is 0.416 e. The van der Waals surface area contributed by atoms with Gasteiger partial charge in [0.25, 0.3) is 5.91 Å². The van der Waals surface area contributed by atoms with Crippen LogP contribution in [0, 0.1) is 19.7 Å². The van der Waals surface area contributed by atoms with E-state index in [9.17, 15) is 22.4 Å². The maximum Gasteiger partial charge on any atom is 0.416 e. The summed E-state index contributed by atoms with van der Waals surface area (Å²) in [4.78, 5) is 18.1. The van der Waals surface area contributed by atoms with E-state index < -0.39 is 17.6 Å². The van der Waals surface area contributed by atoms with Gasteiger partial charge in [-0.05, 0) is 44.2 Å². The summed E-state index contributed by atoms with van der Waals surface area (Å²) in [6, 6.07) is 11.4. The van der Waals surface area contributed by atoms with Gasteiger partial charge in [0.05, 0.1) is 17.8 Å². The fraction of sp³-hybridized carbons (Fsp3) is 0.393. The summed E-state index contributed by atoms with van der Waals surface area (Å²) in [7, 11) is 0. The molecule has 1 aromatic heterocycles. The molecule has 2 aromatic carbocycles. The van der Waals surface area contributed by atoms with E-state index in [-0.39, 0.29) is 18.9 Å². The number of nitrogens with one attached hydrogen (secondary N) is 1. The molecule has 0 aliphatic carbocycles. The van der Waals surface area contributed by atoms with Gasteiger partial charge in [-0.1, -0.05) is 37.3 Å². The number of benzene rings is 2. The third-order valence-electron chi connectivity index (χ3n) is 7.07. The molecule has 198 valence electrons. The van der Waals surface area contributed by atoms with Crippen molar-refractivity contribution in [2.24, 2.45) is 0 Å². The number of carbonyl (C=O) groups is 1. The zero-order chi connectivity index (χ0) is 26.7. The Morgan fingerprint density at radius 2 is 1.70 bits per heavy atom. The van der Waals surface area contributed by atoms with Crippen molar-refractivity contribution in [3.63, 3.8) is 0 Å². The van der Waals surface area contributed by atoms with Crippen molar-refractivity contribution in [1.29, 1.82) is 0 Å². The van der Waals surface area contributed by atoms with Gasteiger partial charge in [-0.15, -0.1) is 0 Å². The van der Waals surface area contributed by atoms with Crippen LogP contribution in [0.3, 0.4) is 0 Å². The van der Waals surface area contributed by atoms with Crippen LogP contribution in [0.2, 0.25) is 0 Å². The number of anilines is 1. The van der Waals surface area contributed by atoms with E-state index in [0.717, 1.165) is 61.8 Å². The lowest BCUT2D eigenvalue weighted by Crippen LogP contribution is -2.46. The summed E-state index contributed by atoms with van der Waals surface area (Å²) in [6.45, 7) is 10.5. The molecule has 37 heavy (non-hydrogen) atoms. The highest BCUT2D eigenvalue weighted by Gasteiger charge is 2.31. The number of likely N-dealkylation sites (N-methyl/N-ethyl adjacent to an activating group) is 1. The van der Waals surface area contributed by atoms with Gasteiger partial charge < -0.3 is 19.7 Å². The van der Waals surface area contributed by atoms with Gasteiger partial charge in [-0.2, -0.15) is 13.2 Å². The Bertz CT molecular complexity index is 1260. The first-order valence-corrected chi connectivity index (χ1v) is 12.4. The van der Waals surface area contributed by atoms with Crippen molar-refractivity contribution in [3.8, 4) is 0 Å². The van der Waals surface area contributed by atoms with Crippen molar-refractivity contribution in [2.75, 3.05) is 37.6 Å². The number of nitrogens with zero attached hydrogens (tertiary/aromatic N) is 3. The van der Waals surface area contributed by atoms with Crippen LogP contribution in [0.25, 0.3) is 0 Å². The van der Waals surface area contributed by atoms with E-state index in [4.69, 9.17) is 0 Å². The minimum atomic E-state index is -4.46. The predicted octanol–water partition coefficient (Wildman–Crippen LogP) is 5.38. The molecule has 0 saturated carbocycles. The van der Waals surface area contributed by atoms with Crippen molar-refractivity contribution >= 4 is 11.6 Å². The molecule has 0 spiro atoms. The molecule has 4 rings (SSSR count). The first-order chi connectivity index (χ1) is 17.6. The first kappa shape index (κ1) is 26.7. The summed E-state index contributed by atoms with van der Waals surface area (Å²) in [5, 5.41) is 2.79. The van der Waals surface area contributed by atoms with Gasteiger partial charge in [0.1, 0.15) is 11.5 Å². The zero-order valence-electron chi connectivity index (χ0n) is 21.3. The number of amides is 1. The van der Waals surface area contributed by atoms with E-state index in [0.29, 0.717) is 16.8 Å². The lowest BCUT2D eigenvalue weighted by atomic mass is 10.1. The highest BCUT2D eigenvalue weighted by molar-refractivity contribution is 5.96. The topological polar surface area (TPSA) is 40.5 Å². The van der Waals surface area contributed by atoms with Crippen molar-refractivity contribution < 1.29 is 22.4 Å². The van der Waals surface area contributed by atoms with Crippen LogP contribution in [0.15, 0.2) is 48.5 Å². The van der Waals surface area contributed by atoms with Gasteiger partial charge in [-0.25, -0.2) is 4.39 Å². The number of rotatable bonds is 7. The monoisotopic (exact) mass is 516 g/mol. The summed E-state index contributed by atoms with van der Waals surface area (Å²) >= 11 is 0. The van der Waals surface area contributed by atoms with E-state index in [1.54, 1.807) is 24.3 Å². The van der Waals surface area contributed by atoms with E-state index >= 15 is 0 Å². The zero-order valence-corrected chi connectivity index (χ0v) is 21.3. The van der Waals surface area contributed by atoms with Crippen LogP contribution in [0.4, 0.5) is 23.2 Å². The first-order valence-electron chi connectivity index (χ1n) is 12.4. The van der Waals surface area contributed by atoms with Gasteiger partial charge in [0.2, 0.25) is 0 Å². The van der Waals surface area contributed by atoms with Crippen LogP contribution < -0.4 is 10.2 Å². The summed E-state index contributed by atoms with van der Waals surface area (Å²) in [5.41, 5.74) is 3.02. The Balaban J connectivity index is 1.66. The fourth-order valence-electron chi connectivity index (χ4n) is 5.05. The lowest BCUT2D eigenvalue weighted by Gasteiger charge is -2.36. The van der Waals surface area contributed by atoms with Crippen LogP contribution >= 0.6 is 0 Å². The van der Waals surface area contributed by atoms with E-state index in [1.807, 2.05) is 18.4 Å². The second-order valence-electron chi connectivity index (χ2n) is 9.39. The molecule has 1 N–H and O–H groups in total. The fourth-order valence-corrected chi connectivity index (χ4v) is 5.05. The van der Waals surface area contributed by atoms with Crippen LogP contribution in [0.5, 0.6) is 0 Å². The smallest absolute Gasteiger partial charge is 0.367 e. The summed E-state index contributed by atoms with van der Waals surface area (Å²) < 4.78 is 55.7.